The predicted octanol–water partition coefficient (Wildman–Crippen LogP) is 2.31. The van der Waals surface area contributed by atoms with E-state index in [1.165, 1.54) is 5.56 Å². The van der Waals surface area contributed by atoms with Crippen molar-refractivity contribution in [1.29, 1.82) is 0 Å². The number of benzene rings is 1. The third kappa shape index (κ3) is 6.49. The fourth-order valence-electron chi connectivity index (χ4n) is 2.59. The van der Waals surface area contributed by atoms with Crippen LogP contribution in [0.15, 0.2) is 35.3 Å². The van der Waals surface area contributed by atoms with Gasteiger partial charge in [0, 0.05) is 13.1 Å². The maximum absolute atomic E-state index is 10.1. The summed E-state index contributed by atoms with van der Waals surface area (Å²) in [6, 6.07) is 10.2. The predicted molar refractivity (Wildman–Crippen MR) is 98.0 cm³/mol. The smallest absolute Gasteiger partial charge is 0.191 e. The van der Waals surface area contributed by atoms with Crippen LogP contribution in [-0.2, 0) is 11.3 Å². The van der Waals surface area contributed by atoms with E-state index in [4.69, 9.17) is 4.74 Å². The summed E-state index contributed by atoms with van der Waals surface area (Å²) in [6.45, 7) is 7.61. The van der Waals surface area contributed by atoms with Gasteiger partial charge in [0.25, 0.3) is 0 Å². The Bertz CT molecular complexity index is 501. The Morgan fingerprint density at radius 1 is 1.29 bits per heavy atom. The van der Waals surface area contributed by atoms with Crippen molar-refractivity contribution in [2.24, 2.45) is 10.9 Å². The van der Waals surface area contributed by atoms with Gasteiger partial charge >= 0.3 is 0 Å². The lowest BCUT2D eigenvalue weighted by molar-refractivity contribution is -0.0236. The maximum atomic E-state index is 10.1. The number of nitrogens with one attached hydrogen (secondary N) is 2. The average molecular weight is 333 g/mol. The molecule has 0 aromatic heterocycles. The molecule has 1 fully saturated rings. The molecule has 1 saturated carbocycles. The molecular weight excluding hydrogens is 302 g/mol. The SMILES string of the molecule is CCNC(=NCC1(O)CCC1)NCC(C)COCc1ccccc1. The molecule has 1 aromatic carbocycles. The number of aliphatic hydroxyl groups is 1. The van der Waals surface area contributed by atoms with Gasteiger partial charge in [0.05, 0.1) is 25.4 Å². The highest BCUT2D eigenvalue weighted by molar-refractivity contribution is 5.79. The van der Waals surface area contributed by atoms with Crippen LogP contribution in [-0.4, -0.2) is 42.9 Å². The van der Waals surface area contributed by atoms with Gasteiger partial charge in [-0.2, -0.15) is 0 Å². The number of rotatable bonds is 9. The number of guanidine groups is 1. The van der Waals surface area contributed by atoms with Crippen LogP contribution < -0.4 is 10.6 Å². The molecule has 1 aliphatic carbocycles. The molecule has 0 bridgehead atoms. The second-order valence-electron chi connectivity index (χ2n) is 6.76. The lowest BCUT2D eigenvalue weighted by Gasteiger charge is -2.35. The normalized spacial score (nSPS) is 17.9. The largest absolute Gasteiger partial charge is 0.388 e. The summed E-state index contributed by atoms with van der Waals surface area (Å²) in [5.74, 6) is 1.15. The Kier molecular flexibility index (Phi) is 7.53. The van der Waals surface area contributed by atoms with Crippen LogP contribution >= 0.6 is 0 Å². The molecule has 0 amide bonds. The first-order valence-electron chi connectivity index (χ1n) is 8.97. The summed E-state index contributed by atoms with van der Waals surface area (Å²) >= 11 is 0. The van der Waals surface area contributed by atoms with Crippen molar-refractivity contribution in [2.45, 2.75) is 45.3 Å². The van der Waals surface area contributed by atoms with Crippen molar-refractivity contribution in [2.75, 3.05) is 26.2 Å². The monoisotopic (exact) mass is 333 g/mol. The molecule has 0 radical (unpaired) electrons. The molecule has 0 heterocycles. The van der Waals surface area contributed by atoms with Crippen molar-refractivity contribution >= 4 is 5.96 Å². The van der Waals surface area contributed by atoms with Crippen LogP contribution in [0.3, 0.4) is 0 Å². The number of aliphatic imine (C=N–C) groups is 1. The molecule has 134 valence electrons. The fraction of sp³-hybridized carbons (Fsp3) is 0.632. The van der Waals surface area contributed by atoms with Gasteiger partial charge in [-0.1, -0.05) is 37.3 Å². The number of ether oxygens (including phenoxy) is 1. The molecule has 1 aromatic rings. The summed E-state index contributed by atoms with van der Waals surface area (Å²) in [7, 11) is 0. The maximum Gasteiger partial charge on any atom is 0.191 e. The van der Waals surface area contributed by atoms with E-state index < -0.39 is 5.60 Å². The summed E-state index contributed by atoms with van der Waals surface area (Å²) in [4.78, 5) is 4.51. The fourth-order valence-corrected chi connectivity index (χ4v) is 2.59. The summed E-state index contributed by atoms with van der Waals surface area (Å²) < 4.78 is 5.77. The molecule has 0 aliphatic heterocycles. The minimum atomic E-state index is -0.577. The topological polar surface area (TPSA) is 65.9 Å². The highest BCUT2D eigenvalue weighted by Gasteiger charge is 2.34. The van der Waals surface area contributed by atoms with Crippen LogP contribution in [0.1, 0.15) is 38.7 Å². The van der Waals surface area contributed by atoms with E-state index in [1.807, 2.05) is 25.1 Å². The van der Waals surface area contributed by atoms with Crippen molar-refractivity contribution < 1.29 is 9.84 Å². The highest BCUT2D eigenvalue weighted by atomic mass is 16.5. The van der Waals surface area contributed by atoms with Gasteiger partial charge in [-0.25, -0.2) is 0 Å². The molecule has 5 heteroatoms. The van der Waals surface area contributed by atoms with Gasteiger partial charge in [-0.05, 0) is 37.7 Å². The molecule has 1 atom stereocenters. The van der Waals surface area contributed by atoms with Crippen molar-refractivity contribution in [3.8, 4) is 0 Å². The quantitative estimate of drug-likeness (QED) is 0.479. The zero-order valence-electron chi connectivity index (χ0n) is 14.9. The average Bonchev–Trinajstić information content (AvgIpc) is 2.56. The van der Waals surface area contributed by atoms with E-state index in [2.05, 4.69) is 34.7 Å². The molecule has 0 spiro atoms. The number of hydrogen-bond acceptors (Lipinski definition) is 3. The van der Waals surface area contributed by atoms with E-state index in [-0.39, 0.29) is 0 Å². The highest BCUT2D eigenvalue weighted by Crippen LogP contribution is 2.31. The van der Waals surface area contributed by atoms with E-state index in [0.717, 1.165) is 38.3 Å². The first-order chi connectivity index (χ1) is 11.6. The van der Waals surface area contributed by atoms with Crippen LogP contribution in [0.2, 0.25) is 0 Å². The van der Waals surface area contributed by atoms with E-state index in [0.29, 0.717) is 25.7 Å². The second kappa shape index (κ2) is 9.64. The standard InChI is InChI=1S/C19H31N3O2/c1-3-20-18(22-15-19(23)10-7-11-19)21-12-16(2)13-24-14-17-8-5-4-6-9-17/h4-6,8-9,16,23H,3,7,10-15H2,1-2H3,(H2,20,21,22). The Morgan fingerprint density at radius 3 is 2.67 bits per heavy atom. The number of nitrogens with zero attached hydrogens (tertiary/aromatic N) is 1. The third-order valence-electron chi connectivity index (χ3n) is 4.29. The van der Waals surface area contributed by atoms with Gasteiger partial charge < -0.3 is 20.5 Å². The van der Waals surface area contributed by atoms with Gasteiger partial charge in [-0.15, -0.1) is 0 Å². The van der Waals surface area contributed by atoms with Crippen molar-refractivity contribution in [3.63, 3.8) is 0 Å². The van der Waals surface area contributed by atoms with Crippen LogP contribution in [0.5, 0.6) is 0 Å². The second-order valence-corrected chi connectivity index (χ2v) is 6.76. The lowest BCUT2D eigenvalue weighted by atomic mass is 9.80. The van der Waals surface area contributed by atoms with Gasteiger partial charge in [0.1, 0.15) is 0 Å². The Labute approximate surface area is 145 Å². The third-order valence-corrected chi connectivity index (χ3v) is 4.29. The Morgan fingerprint density at radius 2 is 2.04 bits per heavy atom. The Hall–Kier alpha value is -1.59. The minimum absolute atomic E-state index is 0.379. The first kappa shape index (κ1) is 18.7. The van der Waals surface area contributed by atoms with Crippen molar-refractivity contribution in [3.05, 3.63) is 35.9 Å². The molecule has 2 rings (SSSR count). The van der Waals surface area contributed by atoms with E-state index >= 15 is 0 Å². The molecule has 0 saturated heterocycles. The van der Waals surface area contributed by atoms with Crippen LogP contribution in [0.25, 0.3) is 0 Å². The summed E-state index contributed by atoms with van der Waals surface area (Å²) in [6.07, 6.45) is 2.82. The molecule has 1 aliphatic rings. The first-order valence-corrected chi connectivity index (χ1v) is 8.97. The Balaban J connectivity index is 1.67. The molecular formula is C19H31N3O2. The minimum Gasteiger partial charge on any atom is -0.388 e. The zero-order chi connectivity index (χ0) is 17.3. The van der Waals surface area contributed by atoms with E-state index in [1.54, 1.807) is 0 Å². The van der Waals surface area contributed by atoms with E-state index in [9.17, 15) is 5.11 Å². The molecule has 5 nitrogen and oxygen atoms in total. The lowest BCUT2D eigenvalue weighted by Crippen LogP contribution is -2.44. The molecule has 3 N–H and O–H groups in total. The van der Waals surface area contributed by atoms with Crippen molar-refractivity contribution in [1.82, 2.24) is 10.6 Å². The zero-order valence-corrected chi connectivity index (χ0v) is 14.9. The van der Waals surface area contributed by atoms with Crippen LogP contribution in [0, 0.1) is 5.92 Å². The number of hydrogen-bond donors (Lipinski definition) is 3. The summed E-state index contributed by atoms with van der Waals surface area (Å²) in [5.41, 5.74) is 0.619. The van der Waals surface area contributed by atoms with Gasteiger partial charge in [0.2, 0.25) is 0 Å². The van der Waals surface area contributed by atoms with Crippen LogP contribution in [0.4, 0.5) is 0 Å². The summed E-state index contributed by atoms with van der Waals surface area (Å²) in [5, 5.41) is 16.7. The molecule has 1 unspecified atom stereocenters. The molecule has 24 heavy (non-hydrogen) atoms. The van der Waals surface area contributed by atoms with Gasteiger partial charge in [0.15, 0.2) is 5.96 Å². The van der Waals surface area contributed by atoms with Gasteiger partial charge in [-0.3, -0.25) is 4.99 Å².